The van der Waals surface area contributed by atoms with E-state index in [-0.39, 0.29) is 23.1 Å². The van der Waals surface area contributed by atoms with Crippen LogP contribution in [0.15, 0.2) is 72.8 Å². The zero-order valence-corrected chi connectivity index (χ0v) is 30.8. The Kier molecular flexibility index (Phi) is 9.62. The number of ether oxygens (including phenoxy) is 6. The monoisotopic (exact) mass is 734 g/mol. The van der Waals surface area contributed by atoms with Crippen molar-refractivity contribution in [2.24, 2.45) is 23.7 Å². The molecule has 2 N–H and O–H groups in total. The van der Waals surface area contributed by atoms with Crippen molar-refractivity contribution < 1.29 is 62.6 Å². The number of rotatable bonds is 8. The first kappa shape index (κ1) is 38.1. The molecular weight excluding hydrogens is 688 g/mol. The van der Waals surface area contributed by atoms with E-state index in [0.29, 0.717) is 0 Å². The van der Waals surface area contributed by atoms with Crippen LogP contribution in [0.4, 0.5) is 0 Å². The summed E-state index contributed by atoms with van der Waals surface area (Å²) in [6, 6.07) is 16.2. The number of aliphatic hydroxyl groups is 2. The molecule has 13 atom stereocenters. The normalized spacial score (nSPS) is 39.5. The van der Waals surface area contributed by atoms with Gasteiger partial charge in [0.05, 0.1) is 22.6 Å². The van der Waals surface area contributed by atoms with Crippen LogP contribution in [0, 0.1) is 23.7 Å². The molecule has 5 aliphatic rings. The zero-order chi connectivity index (χ0) is 38.8. The summed E-state index contributed by atoms with van der Waals surface area (Å²) in [6.07, 6.45) is -7.44. The summed E-state index contributed by atoms with van der Waals surface area (Å²) in [5, 5.41) is 26.1. The van der Waals surface area contributed by atoms with E-state index in [1.165, 1.54) is 26.0 Å². The summed E-state index contributed by atoms with van der Waals surface area (Å²) in [7, 11) is 0. The van der Waals surface area contributed by atoms with Gasteiger partial charge < -0.3 is 38.6 Å². The molecule has 3 saturated carbocycles. The van der Waals surface area contributed by atoms with Crippen LogP contribution < -0.4 is 0 Å². The molecule has 2 bridgehead atoms. The topological polar surface area (TPSA) is 181 Å². The number of hydrogen-bond acceptors (Lipinski definition) is 13. The molecule has 0 aromatic heterocycles. The summed E-state index contributed by atoms with van der Waals surface area (Å²) < 4.78 is 37.3. The molecule has 2 aliphatic heterocycles. The van der Waals surface area contributed by atoms with E-state index in [9.17, 15) is 34.2 Å². The molecule has 3 aliphatic carbocycles. The first-order valence-corrected chi connectivity index (χ1v) is 17.7. The van der Waals surface area contributed by atoms with Gasteiger partial charge in [-0.05, 0) is 56.0 Å². The Balaban J connectivity index is 1.61. The van der Waals surface area contributed by atoms with Crippen molar-refractivity contribution in [1.82, 2.24) is 0 Å². The molecule has 2 saturated heterocycles. The van der Waals surface area contributed by atoms with Crippen LogP contribution in [0.3, 0.4) is 0 Å². The number of aliphatic hydroxyl groups excluding tert-OH is 1. The SMILES string of the molecule is C=C(C)[C@@]1(OC(=O)c2ccccc2)[C@H](OC(C)=O)[C@@H]2[C@H](OC(C)=O)[C@@]3(C)O[C@@]4([C@@H]3O)[C@@H](OC(=O)c3ccccc3)[C@@H](C)C[C@H]4[C@@]2(O)[C@H](C)[C@@H]1OC(C)=O. The second-order valence-electron chi connectivity index (χ2n) is 15.1. The summed E-state index contributed by atoms with van der Waals surface area (Å²) in [4.78, 5) is 66.7. The number of benzene rings is 2. The van der Waals surface area contributed by atoms with Gasteiger partial charge in [0.25, 0.3) is 0 Å². The van der Waals surface area contributed by atoms with E-state index in [4.69, 9.17) is 28.4 Å². The molecule has 53 heavy (non-hydrogen) atoms. The van der Waals surface area contributed by atoms with Gasteiger partial charge in [0.15, 0.2) is 12.2 Å². The molecule has 0 radical (unpaired) electrons. The van der Waals surface area contributed by atoms with Crippen molar-refractivity contribution in [3.63, 3.8) is 0 Å². The van der Waals surface area contributed by atoms with Gasteiger partial charge in [0.1, 0.15) is 29.5 Å². The minimum atomic E-state index is -2.20. The Morgan fingerprint density at radius 2 is 1.23 bits per heavy atom. The van der Waals surface area contributed by atoms with Gasteiger partial charge in [0.2, 0.25) is 5.60 Å². The average molecular weight is 735 g/mol. The lowest BCUT2D eigenvalue weighted by Crippen LogP contribution is -2.80. The van der Waals surface area contributed by atoms with Crippen LogP contribution in [0.25, 0.3) is 0 Å². The minimum Gasteiger partial charge on any atom is -0.459 e. The van der Waals surface area contributed by atoms with Crippen LogP contribution in [-0.2, 0) is 42.8 Å². The van der Waals surface area contributed by atoms with Gasteiger partial charge in [-0.15, -0.1) is 0 Å². The smallest absolute Gasteiger partial charge is 0.339 e. The first-order chi connectivity index (χ1) is 24.9. The maximum Gasteiger partial charge on any atom is 0.339 e. The zero-order valence-electron chi connectivity index (χ0n) is 30.8. The molecule has 5 fully saturated rings. The molecule has 284 valence electrons. The van der Waals surface area contributed by atoms with Crippen molar-refractivity contribution in [1.29, 1.82) is 0 Å². The van der Waals surface area contributed by atoms with E-state index >= 15 is 0 Å². The van der Waals surface area contributed by atoms with Gasteiger partial charge in [-0.1, -0.05) is 56.8 Å². The Morgan fingerprint density at radius 3 is 1.72 bits per heavy atom. The molecule has 1 spiro atoms. The first-order valence-electron chi connectivity index (χ1n) is 17.7. The standard InChI is InChI=1S/C40H46O13/c1-20(2)39(52-35(45)27-17-13-10-14-18-27)31(48-23(5)41)22(4)38(47)28-19-21(3)30(51-34(44)26-15-11-9-12-16-26)40(28)36(46)37(8,53-40)32(49-24(6)42)29(38)33(39)50-25(7)43/h9-18,21-22,28-33,36,46-47H,1,19H2,2-8H3/t21-,22+,28-,29-,30-,31-,32-,33+,36+,37+,38-,39-,40+/m0/s1. The van der Waals surface area contributed by atoms with E-state index in [1.807, 2.05) is 0 Å². The Labute approximate surface area is 307 Å². The predicted molar refractivity (Wildman–Crippen MR) is 185 cm³/mol. The molecule has 2 heterocycles. The van der Waals surface area contributed by atoms with Crippen LogP contribution in [0.2, 0.25) is 0 Å². The fourth-order valence-corrected chi connectivity index (χ4v) is 9.86. The third-order valence-corrected chi connectivity index (χ3v) is 11.9. The highest BCUT2D eigenvalue weighted by atomic mass is 16.7. The molecule has 13 nitrogen and oxygen atoms in total. The summed E-state index contributed by atoms with van der Waals surface area (Å²) in [6.45, 7) is 13.9. The molecular formula is C40H46O13. The van der Waals surface area contributed by atoms with Crippen molar-refractivity contribution in [2.75, 3.05) is 0 Å². The van der Waals surface area contributed by atoms with Crippen LogP contribution in [0.1, 0.15) is 75.6 Å². The predicted octanol–water partition coefficient (Wildman–Crippen LogP) is 3.73. The maximum atomic E-state index is 14.0. The van der Waals surface area contributed by atoms with Crippen molar-refractivity contribution >= 4 is 29.8 Å². The van der Waals surface area contributed by atoms with Gasteiger partial charge in [-0.3, -0.25) is 14.4 Å². The maximum absolute atomic E-state index is 14.0. The van der Waals surface area contributed by atoms with Gasteiger partial charge >= 0.3 is 29.8 Å². The second-order valence-corrected chi connectivity index (χ2v) is 15.1. The average Bonchev–Trinajstić information content (AvgIpc) is 3.34. The van der Waals surface area contributed by atoms with Crippen LogP contribution in [0.5, 0.6) is 0 Å². The minimum absolute atomic E-state index is 0.0853. The Hall–Kier alpha value is -4.59. The molecule has 2 aromatic rings. The fraction of sp³-hybridized carbons (Fsp3) is 0.525. The third kappa shape index (κ3) is 5.58. The molecule has 2 aromatic carbocycles. The lowest BCUT2D eigenvalue weighted by Gasteiger charge is -2.61. The molecule has 0 amide bonds. The second kappa shape index (κ2) is 13.4. The van der Waals surface area contributed by atoms with E-state index in [1.54, 1.807) is 62.4 Å². The largest absolute Gasteiger partial charge is 0.459 e. The summed E-state index contributed by atoms with van der Waals surface area (Å²) >= 11 is 0. The van der Waals surface area contributed by atoms with Gasteiger partial charge in [-0.2, -0.15) is 0 Å². The Morgan fingerprint density at radius 1 is 0.736 bits per heavy atom. The summed E-state index contributed by atoms with van der Waals surface area (Å²) in [5.41, 5.74) is -7.51. The van der Waals surface area contributed by atoms with E-state index in [0.717, 1.165) is 20.8 Å². The quantitative estimate of drug-likeness (QED) is 0.228. The van der Waals surface area contributed by atoms with Crippen molar-refractivity contribution in [3.8, 4) is 0 Å². The van der Waals surface area contributed by atoms with Gasteiger partial charge in [0, 0.05) is 32.6 Å². The van der Waals surface area contributed by atoms with Crippen molar-refractivity contribution in [3.05, 3.63) is 83.9 Å². The number of carbonyl (C=O) groups excluding carboxylic acids is 5. The highest BCUT2D eigenvalue weighted by Crippen LogP contribution is 2.70. The van der Waals surface area contributed by atoms with E-state index in [2.05, 4.69) is 6.58 Å². The van der Waals surface area contributed by atoms with Crippen molar-refractivity contribution in [2.45, 2.75) is 108 Å². The molecule has 13 heteroatoms. The number of esters is 5. The highest BCUT2D eigenvalue weighted by Gasteiger charge is 2.87. The number of hydrogen-bond donors (Lipinski definition) is 2. The third-order valence-electron chi connectivity index (χ3n) is 11.9. The molecule has 0 unspecified atom stereocenters. The Bertz CT molecular complexity index is 1810. The number of carbonyl (C=O) groups is 5. The van der Waals surface area contributed by atoms with E-state index < -0.39 is 106 Å². The fourth-order valence-electron chi connectivity index (χ4n) is 9.86. The van der Waals surface area contributed by atoms with Crippen LogP contribution >= 0.6 is 0 Å². The lowest BCUT2D eigenvalue weighted by atomic mass is 9.52. The van der Waals surface area contributed by atoms with Crippen LogP contribution in [-0.4, -0.2) is 93.0 Å². The van der Waals surface area contributed by atoms with Gasteiger partial charge in [-0.25, -0.2) is 9.59 Å². The lowest BCUT2D eigenvalue weighted by molar-refractivity contribution is -0.390. The summed E-state index contributed by atoms with van der Waals surface area (Å²) in [5.74, 6) is -8.45. The highest BCUT2D eigenvalue weighted by molar-refractivity contribution is 5.90. The molecule has 7 rings (SSSR count).